The van der Waals surface area contributed by atoms with Crippen molar-refractivity contribution in [3.63, 3.8) is 0 Å². The van der Waals surface area contributed by atoms with E-state index in [-0.39, 0.29) is 0 Å². The van der Waals surface area contributed by atoms with Crippen LogP contribution in [-0.4, -0.2) is 30.1 Å². The summed E-state index contributed by atoms with van der Waals surface area (Å²) >= 11 is 0. The Morgan fingerprint density at radius 2 is 1.75 bits per heavy atom. The molecule has 1 aliphatic carbocycles. The highest BCUT2D eigenvalue weighted by Gasteiger charge is 2.37. The molecule has 1 aliphatic heterocycles. The zero-order chi connectivity index (χ0) is 8.44. The molecular weight excluding hydrogens is 148 g/mol. The third-order valence-electron chi connectivity index (χ3n) is 3.40. The first-order valence-corrected chi connectivity index (χ1v) is 4.97. The van der Waals surface area contributed by atoms with Crippen LogP contribution in [0.2, 0.25) is 0 Å². The molecule has 1 fully saturated rings. The molecule has 2 N–H and O–H groups in total. The lowest BCUT2D eigenvalue weighted by molar-refractivity contribution is 0.137. The van der Waals surface area contributed by atoms with Gasteiger partial charge >= 0.3 is 0 Å². The highest BCUT2D eigenvalue weighted by atomic mass is 15.2. The van der Waals surface area contributed by atoms with Gasteiger partial charge in [0.15, 0.2) is 0 Å². The summed E-state index contributed by atoms with van der Waals surface area (Å²) in [6.07, 6.45) is 9.88. The number of rotatable bonds is 2. The van der Waals surface area contributed by atoms with E-state index in [2.05, 4.69) is 17.1 Å². The summed E-state index contributed by atoms with van der Waals surface area (Å²) in [5.74, 6) is 0. The van der Waals surface area contributed by atoms with Crippen LogP contribution in [-0.2, 0) is 0 Å². The van der Waals surface area contributed by atoms with Crippen LogP contribution in [0.3, 0.4) is 0 Å². The van der Waals surface area contributed by atoms with Gasteiger partial charge in [-0.1, -0.05) is 25.0 Å². The Balaban J connectivity index is 2.05. The Morgan fingerprint density at radius 3 is 2.25 bits per heavy atom. The lowest BCUT2D eigenvalue weighted by atomic mass is 9.96. The average Bonchev–Trinajstić information content (AvgIpc) is 2.76. The molecule has 0 unspecified atom stereocenters. The van der Waals surface area contributed by atoms with E-state index in [1.165, 1.54) is 25.7 Å². The van der Waals surface area contributed by atoms with Crippen molar-refractivity contribution in [3.8, 4) is 0 Å². The fourth-order valence-electron chi connectivity index (χ4n) is 2.55. The van der Waals surface area contributed by atoms with Crippen LogP contribution < -0.4 is 5.73 Å². The summed E-state index contributed by atoms with van der Waals surface area (Å²) in [4.78, 5) is 2.54. The summed E-state index contributed by atoms with van der Waals surface area (Å²) in [6.45, 7) is 3.09. The van der Waals surface area contributed by atoms with Gasteiger partial charge in [0.2, 0.25) is 0 Å². The van der Waals surface area contributed by atoms with E-state index in [0.717, 1.165) is 19.6 Å². The molecule has 0 aromatic carbocycles. The first-order chi connectivity index (χ1) is 5.87. The van der Waals surface area contributed by atoms with Gasteiger partial charge in [0.1, 0.15) is 0 Å². The molecule has 0 saturated heterocycles. The zero-order valence-corrected chi connectivity index (χ0v) is 7.63. The maximum Gasteiger partial charge on any atom is 0.0338 e. The van der Waals surface area contributed by atoms with Gasteiger partial charge in [0, 0.05) is 25.2 Å². The van der Waals surface area contributed by atoms with Gasteiger partial charge in [0.05, 0.1) is 0 Å². The van der Waals surface area contributed by atoms with E-state index in [1.54, 1.807) is 0 Å². The topological polar surface area (TPSA) is 29.3 Å². The predicted octanol–water partition coefficient (Wildman–Crippen LogP) is 1.13. The van der Waals surface area contributed by atoms with Crippen LogP contribution in [0.5, 0.6) is 0 Å². The molecule has 0 aromatic heterocycles. The van der Waals surface area contributed by atoms with E-state index >= 15 is 0 Å². The standard InChI is InChI=1S/C10H18N2/c11-9-10(5-1-2-6-10)12-7-3-4-8-12/h3-4H,1-2,5-9,11H2. The number of nitrogens with two attached hydrogens (primary N) is 1. The second kappa shape index (κ2) is 3.19. The minimum absolute atomic E-state index is 0.365. The Labute approximate surface area is 74.4 Å². The molecule has 0 aromatic rings. The molecule has 0 amide bonds. The fourth-order valence-corrected chi connectivity index (χ4v) is 2.55. The van der Waals surface area contributed by atoms with E-state index in [1.807, 2.05) is 0 Å². The highest BCUT2D eigenvalue weighted by molar-refractivity contribution is 5.05. The third-order valence-corrected chi connectivity index (χ3v) is 3.40. The first-order valence-electron chi connectivity index (χ1n) is 4.97. The number of nitrogens with zero attached hydrogens (tertiary/aromatic N) is 1. The molecule has 0 spiro atoms. The molecule has 12 heavy (non-hydrogen) atoms. The van der Waals surface area contributed by atoms with Crippen LogP contribution in [0.25, 0.3) is 0 Å². The molecule has 0 bridgehead atoms. The van der Waals surface area contributed by atoms with Crippen molar-refractivity contribution in [1.29, 1.82) is 0 Å². The minimum atomic E-state index is 0.365. The smallest absolute Gasteiger partial charge is 0.0338 e. The molecule has 2 nitrogen and oxygen atoms in total. The Morgan fingerprint density at radius 1 is 1.17 bits per heavy atom. The highest BCUT2D eigenvalue weighted by Crippen LogP contribution is 2.35. The van der Waals surface area contributed by atoms with E-state index in [9.17, 15) is 0 Å². The molecule has 1 saturated carbocycles. The van der Waals surface area contributed by atoms with Crippen molar-refractivity contribution in [1.82, 2.24) is 4.90 Å². The second-order valence-corrected chi connectivity index (χ2v) is 4.01. The summed E-state index contributed by atoms with van der Waals surface area (Å²) < 4.78 is 0. The van der Waals surface area contributed by atoms with Gasteiger partial charge in [-0.3, -0.25) is 4.90 Å². The van der Waals surface area contributed by atoms with Crippen LogP contribution in [0.4, 0.5) is 0 Å². The monoisotopic (exact) mass is 166 g/mol. The Bertz CT molecular complexity index is 172. The molecule has 68 valence electrons. The van der Waals surface area contributed by atoms with Gasteiger partial charge in [-0.05, 0) is 12.8 Å². The molecule has 2 aliphatic rings. The van der Waals surface area contributed by atoms with Crippen molar-refractivity contribution >= 4 is 0 Å². The third kappa shape index (κ3) is 1.19. The number of hydrogen-bond acceptors (Lipinski definition) is 2. The number of hydrogen-bond donors (Lipinski definition) is 1. The SMILES string of the molecule is NCC1(N2CC=CC2)CCCC1. The van der Waals surface area contributed by atoms with Crippen molar-refractivity contribution < 1.29 is 0 Å². The molecule has 0 radical (unpaired) electrons. The van der Waals surface area contributed by atoms with E-state index in [4.69, 9.17) is 5.73 Å². The summed E-state index contributed by atoms with van der Waals surface area (Å²) in [5, 5.41) is 0. The summed E-state index contributed by atoms with van der Waals surface area (Å²) in [7, 11) is 0. The van der Waals surface area contributed by atoms with Gasteiger partial charge in [0.25, 0.3) is 0 Å². The molecule has 0 atom stereocenters. The molecular formula is C10H18N2. The fraction of sp³-hybridized carbons (Fsp3) is 0.800. The maximum absolute atomic E-state index is 5.88. The summed E-state index contributed by atoms with van der Waals surface area (Å²) in [6, 6.07) is 0. The predicted molar refractivity (Wildman–Crippen MR) is 51.0 cm³/mol. The van der Waals surface area contributed by atoms with Gasteiger partial charge in [-0.2, -0.15) is 0 Å². The van der Waals surface area contributed by atoms with E-state index in [0.29, 0.717) is 5.54 Å². The van der Waals surface area contributed by atoms with E-state index < -0.39 is 0 Å². The second-order valence-electron chi connectivity index (χ2n) is 4.01. The van der Waals surface area contributed by atoms with Crippen molar-refractivity contribution in [2.24, 2.45) is 5.73 Å². The lowest BCUT2D eigenvalue weighted by Crippen LogP contribution is -2.50. The van der Waals surface area contributed by atoms with Crippen molar-refractivity contribution in [2.75, 3.05) is 19.6 Å². The Hall–Kier alpha value is -0.340. The average molecular weight is 166 g/mol. The lowest BCUT2D eigenvalue weighted by Gasteiger charge is -2.37. The van der Waals surface area contributed by atoms with Gasteiger partial charge in [-0.25, -0.2) is 0 Å². The zero-order valence-electron chi connectivity index (χ0n) is 7.63. The Kier molecular flexibility index (Phi) is 2.20. The minimum Gasteiger partial charge on any atom is -0.329 e. The molecule has 1 heterocycles. The quantitative estimate of drug-likeness (QED) is 0.623. The first kappa shape index (κ1) is 8.27. The largest absolute Gasteiger partial charge is 0.329 e. The van der Waals surface area contributed by atoms with Crippen LogP contribution in [0.15, 0.2) is 12.2 Å². The summed E-state index contributed by atoms with van der Waals surface area (Å²) in [5.41, 5.74) is 6.24. The van der Waals surface area contributed by atoms with Crippen molar-refractivity contribution in [3.05, 3.63) is 12.2 Å². The normalized spacial score (nSPS) is 28.4. The van der Waals surface area contributed by atoms with Crippen LogP contribution >= 0.6 is 0 Å². The van der Waals surface area contributed by atoms with Gasteiger partial charge in [-0.15, -0.1) is 0 Å². The van der Waals surface area contributed by atoms with Crippen molar-refractivity contribution in [2.45, 2.75) is 31.2 Å². The van der Waals surface area contributed by atoms with Crippen LogP contribution in [0, 0.1) is 0 Å². The molecule has 2 rings (SSSR count). The van der Waals surface area contributed by atoms with Gasteiger partial charge < -0.3 is 5.73 Å². The maximum atomic E-state index is 5.88. The van der Waals surface area contributed by atoms with Crippen LogP contribution in [0.1, 0.15) is 25.7 Å². The molecule has 2 heteroatoms.